The summed E-state index contributed by atoms with van der Waals surface area (Å²) in [7, 11) is 0. The topological polar surface area (TPSA) is 68.8 Å². The van der Waals surface area contributed by atoms with Crippen LogP contribution in [0.4, 0.5) is 11.5 Å². The highest BCUT2D eigenvalue weighted by Gasteiger charge is 2.06. The molecule has 5 heteroatoms. The van der Waals surface area contributed by atoms with E-state index < -0.39 is 0 Å². The van der Waals surface area contributed by atoms with Gasteiger partial charge in [0, 0.05) is 25.1 Å². The summed E-state index contributed by atoms with van der Waals surface area (Å²) in [5.41, 5.74) is 9.86. The molecule has 3 rings (SSSR count). The summed E-state index contributed by atoms with van der Waals surface area (Å²) in [6, 6.07) is 11.9. The highest BCUT2D eigenvalue weighted by Crippen LogP contribution is 2.19. The van der Waals surface area contributed by atoms with Gasteiger partial charge in [-0.05, 0) is 36.2 Å². The lowest BCUT2D eigenvalue weighted by Gasteiger charge is -2.12. The number of hydrogen-bond donors (Lipinski definition) is 2. The van der Waals surface area contributed by atoms with Crippen LogP contribution in [0.15, 0.2) is 55.0 Å². The van der Waals surface area contributed by atoms with E-state index in [9.17, 15) is 0 Å². The van der Waals surface area contributed by atoms with Crippen LogP contribution in [-0.2, 0) is 6.54 Å². The number of rotatable bonds is 4. The molecule has 0 saturated heterocycles. The molecule has 0 fully saturated rings. The summed E-state index contributed by atoms with van der Waals surface area (Å²) in [6.45, 7) is 2.61. The molecule has 0 atom stereocenters. The van der Waals surface area contributed by atoms with Gasteiger partial charge in [-0.1, -0.05) is 18.2 Å². The van der Waals surface area contributed by atoms with Gasteiger partial charge in [-0.2, -0.15) is 5.10 Å². The predicted octanol–water partition coefficient (Wildman–Crippen LogP) is 2.77. The number of nitrogen functional groups attached to an aromatic ring is 1. The van der Waals surface area contributed by atoms with E-state index >= 15 is 0 Å². The Morgan fingerprint density at radius 3 is 2.86 bits per heavy atom. The van der Waals surface area contributed by atoms with Crippen molar-refractivity contribution in [3.63, 3.8) is 0 Å². The SMILES string of the molecule is Cc1cnc(NCc2ccccc2-n2cccn2)c(N)c1. The number of anilines is 2. The molecule has 21 heavy (non-hydrogen) atoms. The Morgan fingerprint density at radius 1 is 1.24 bits per heavy atom. The van der Waals surface area contributed by atoms with Crippen LogP contribution < -0.4 is 11.1 Å². The Labute approximate surface area is 123 Å². The van der Waals surface area contributed by atoms with Crippen molar-refractivity contribution in [2.45, 2.75) is 13.5 Å². The van der Waals surface area contributed by atoms with E-state index in [4.69, 9.17) is 5.73 Å². The second kappa shape index (κ2) is 5.66. The molecule has 0 amide bonds. The van der Waals surface area contributed by atoms with Crippen molar-refractivity contribution in [2.24, 2.45) is 0 Å². The van der Waals surface area contributed by atoms with Gasteiger partial charge in [-0.15, -0.1) is 0 Å². The number of nitrogens with zero attached hydrogens (tertiary/aromatic N) is 3. The number of nitrogens with two attached hydrogens (primary N) is 1. The van der Waals surface area contributed by atoms with E-state index in [2.05, 4.69) is 21.5 Å². The van der Waals surface area contributed by atoms with E-state index in [1.807, 2.05) is 48.1 Å². The average molecular weight is 279 g/mol. The van der Waals surface area contributed by atoms with E-state index in [0.717, 1.165) is 16.8 Å². The van der Waals surface area contributed by atoms with E-state index in [0.29, 0.717) is 18.1 Å². The summed E-state index contributed by atoms with van der Waals surface area (Å²) in [6.07, 6.45) is 5.50. The fourth-order valence-corrected chi connectivity index (χ4v) is 2.21. The van der Waals surface area contributed by atoms with E-state index in [1.54, 1.807) is 12.4 Å². The first kappa shape index (κ1) is 13.2. The second-order valence-corrected chi connectivity index (χ2v) is 4.88. The molecule has 1 aromatic carbocycles. The van der Waals surface area contributed by atoms with Crippen molar-refractivity contribution >= 4 is 11.5 Å². The van der Waals surface area contributed by atoms with E-state index in [1.165, 1.54) is 0 Å². The van der Waals surface area contributed by atoms with Crippen LogP contribution in [0.1, 0.15) is 11.1 Å². The lowest BCUT2D eigenvalue weighted by Crippen LogP contribution is -2.08. The largest absolute Gasteiger partial charge is 0.396 e. The molecular formula is C16H17N5. The van der Waals surface area contributed by atoms with Crippen LogP contribution >= 0.6 is 0 Å². The molecule has 2 aromatic heterocycles. The zero-order valence-corrected chi connectivity index (χ0v) is 11.8. The van der Waals surface area contributed by atoms with Crippen LogP contribution in [0.2, 0.25) is 0 Å². The second-order valence-electron chi connectivity index (χ2n) is 4.88. The quantitative estimate of drug-likeness (QED) is 0.770. The van der Waals surface area contributed by atoms with Gasteiger partial charge in [0.25, 0.3) is 0 Å². The minimum atomic E-state index is 0.635. The third-order valence-electron chi connectivity index (χ3n) is 3.24. The van der Waals surface area contributed by atoms with Crippen molar-refractivity contribution in [2.75, 3.05) is 11.1 Å². The molecule has 0 radical (unpaired) electrons. The molecule has 0 saturated carbocycles. The molecule has 106 valence electrons. The van der Waals surface area contributed by atoms with Crippen LogP contribution in [0.5, 0.6) is 0 Å². The van der Waals surface area contributed by atoms with Gasteiger partial charge in [-0.3, -0.25) is 0 Å². The highest BCUT2D eigenvalue weighted by molar-refractivity contribution is 5.62. The van der Waals surface area contributed by atoms with Gasteiger partial charge in [-0.25, -0.2) is 9.67 Å². The predicted molar refractivity (Wildman–Crippen MR) is 84.3 cm³/mol. The Bertz CT molecular complexity index is 734. The van der Waals surface area contributed by atoms with Gasteiger partial charge in [0.05, 0.1) is 11.4 Å². The lowest BCUT2D eigenvalue weighted by atomic mass is 10.1. The van der Waals surface area contributed by atoms with Crippen LogP contribution in [0, 0.1) is 6.92 Å². The van der Waals surface area contributed by atoms with Gasteiger partial charge in [0.1, 0.15) is 5.82 Å². The fourth-order valence-electron chi connectivity index (χ4n) is 2.21. The Balaban J connectivity index is 1.83. The first-order valence-corrected chi connectivity index (χ1v) is 6.78. The molecule has 0 bridgehead atoms. The lowest BCUT2D eigenvalue weighted by molar-refractivity contribution is 0.863. The standard InChI is InChI=1S/C16H17N5/c1-12-9-14(17)16(18-10-12)19-11-13-5-2-3-6-15(13)21-8-4-7-20-21/h2-10H,11,17H2,1H3,(H,18,19). The molecule has 0 unspecified atom stereocenters. The average Bonchev–Trinajstić information content (AvgIpc) is 3.01. The third-order valence-corrected chi connectivity index (χ3v) is 3.24. The molecule has 0 aliphatic heterocycles. The highest BCUT2D eigenvalue weighted by atomic mass is 15.3. The van der Waals surface area contributed by atoms with Crippen LogP contribution in [0.3, 0.4) is 0 Å². The summed E-state index contributed by atoms with van der Waals surface area (Å²) in [5, 5.41) is 7.56. The maximum atomic E-state index is 5.98. The molecule has 0 aliphatic rings. The smallest absolute Gasteiger partial charge is 0.149 e. The molecule has 2 heterocycles. The zero-order chi connectivity index (χ0) is 14.7. The number of aryl methyl sites for hydroxylation is 1. The maximum Gasteiger partial charge on any atom is 0.149 e. The van der Waals surface area contributed by atoms with Crippen molar-refractivity contribution in [3.8, 4) is 5.69 Å². The molecule has 5 nitrogen and oxygen atoms in total. The summed E-state index contributed by atoms with van der Waals surface area (Å²) in [4.78, 5) is 4.33. The maximum absolute atomic E-state index is 5.98. The van der Waals surface area contributed by atoms with Gasteiger partial charge < -0.3 is 11.1 Å². The molecule has 0 aliphatic carbocycles. The monoisotopic (exact) mass is 279 g/mol. The van der Waals surface area contributed by atoms with Crippen LogP contribution in [0.25, 0.3) is 5.69 Å². The van der Waals surface area contributed by atoms with Crippen LogP contribution in [-0.4, -0.2) is 14.8 Å². The molecular weight excluding hydrogens is 262 g/mol. The Kier molecular flexibility index (Phi) is 3.55. The van der Waals surface area contributed by atoms with Crippen molar-refractivity contribution in [3.05, 3.63) is 66.1 Å². The number of nitrogens with one attached hydrogen (secondary N) is 1. The first-order valence-electron chi connectivity index (χ1n) is 6.78. The normalized spacial score (nSPS) is 10.5. The summed E-state index contributed by atoms with van der Waals surface area (Å²) >= 11 is 0. The molecule has 3 aromatic rings. The fraction of sp³-hybridized carbons (Fsp3) is 0.125. The minimum Gasteiger partial charge on any atom is -0.396 e. The van der Waals surface area contributed by atoms with E-state index in [-0.39, 0.29) is 0 Å². The number of pyridine rings is 1. The van der Waals surface area contributed by atoms with Crippen molar-refractivity contribution in [1.82, 2.24) is 14.8 Å². The van der Waals surface area contributed by atoms with Gasteiger partial charge in [0.15, 0.2) is 0 Å². The van der Waals surface area contributed by atoms with Crippen molar-refractivity contribution < 1.29 is 0 Å². The number of aromatic nitrogens is 3. The number of benzene rings is 1. The molecule has 0 spiro atoms. The van der Waals surface area contributed by atoms with Gasteiger partial charge >= 0.3 is 0 Å². The molecule has 3 N–H and O–H groups in total. The number of para-hydroxylation sites is 1. The third kappa shape index (κ3) is 2.86. The Hall–Kier alpha value is -2.82. The van der Waals surface area contributed by atoms with Gasteiger partial charge in [0.2, 0.25) is 0 Å². The first-order chi connectivity index (χ1) is 10.2. The summed E-state index contributed by atoms with van der Waals surface area (Å²) in [5.74, 6) is 0.705. The van der Waals surface area contributed by atoms with Crippen molar-refractivity contribution in [1.29, 1.82) is 0 Å². The number of hydrogen-bond acceptors (Lipinski definition) is 4. The minimum absolute atomic E-state index is 0.635. The zero-order valence-electron chi connectivity index (χ0n) is 11.8. The Morgan fingerprint density at radius 2 is 2.10 bits per heavy atom. The summed E-state index contributed by atoms with van der Waals surface area (Å²) < 4.78 is 1.85.